The molecular formula is C19H18F2N2. The zero-order valence-corrected chi connectivity index (χ0v) is 13.2. The Labute approximate surface area is 133 Å². The van der Waals surface area contributed by atoms with E-state index in [4.69, 9.17) is 0 Å². The van der Waals surface area contributed by atoms with Crippen LogP contribution in [0.3, 0.4) is 0 Å². The largest absolute Gasteiger partial charge is 0.351 e. The summed E-state index contributed by atoms with van der Waals surface area (Å²) in [5.74, 6) is -1.52. The summed E-state index contributed by atoms with van der Waals surface area (Å²) in [6.45, 7) is 1.67. The molecule has 1 aliphatic rings. The highest BCUT2D eigenvalue weighted by Crippen LogP contribution is 2.37. The minimum absolute atomic E-state index is 0.0588. The fourth-order valence-corrected chi connectivity index (χ4v) is 3.69. The minimum Gasteiger partial charge on any atom is -0.351 e. The average molecular weight is 312 g/mol. The summed E-state index contributed by atoms with van der Waals surface area (Å²) in [4.78, 5) is 2.24. The van der Waals surface area contributed by atoms with Crippen LogP contribution in [0.25, 0.3) is 10.9 Å². The van der Waals surface area contributed by atoms with E-state index in [0.717, 1.165) is 18.7 Å². The van der Waals surface area contributed by atoms with Crippen molar-refractivity contribution in [3.8, 4) is 0 Å². The highest BCUT2D eigenvalue weighted by molar-refractivity contribution is 5.85. The lowest BCUT2D eigenvalue weighted by Gasteiger charge is -2.33. The van der Waals surface area contributed by atoms with Crippen molar-refractivity contribution in [1.29, 1.82) is 0 Å². The molecule has 0 aliphatic carbocycles. The van der Waals surface area contributed by atoms with E-state index < -0.39 is 11.6 Å². The molecule has 0 radical (unpaired) electrons. The number of aromatic nitrogens is 1. The fourth-order valence-electron chi connectivity index (χ4n) is 3.69. The monoisotopic (exact) mass is 312 g/mol. The van der Waals surface area contributed by atoms with E-state index >= 15 is 0 Å². The van der Waals surface area contributed by atoms with Crippen LogP contribution in [0.5, 0.6) is 0 Å². The number of halogens is 2. The zero-order chi connectivity index (χ0) is 16.1. The third kappa shape index (κ3) is 2.25. The summed E-state index contributed by atoms with van der Waals surface area (Å²) >= 11 is 0. The number of hydrogen-bond donors (Lipinski definition) is 0. The molecule has 1 atom stereocenters. The number of nitrogens with zero attached hydrogens (tertiary/aromatic N) is 2. The first-order chi connectivity index (χ1) is 11.0. The third-order valence-electron chi connectivity index (χ3n) is 4.86. The Balaban J connectivity index is 1.90. The fraction of sp³-hybridized carbons (Fsp3) is 0.263. The maximum Gasteiger partial charge on any atom is 0.159 e. The van der Waals surface area contributed by atoms with E-state index in [1.807, 2.05) is 7.05 Å². The summed E-state index contributed by atoms with van der Waals surface area (Å²) in [6, 6.07) is 10.6. The number of likely N-dealkylation sites (N-methyl/N-ethyl adjacent to an activating group) is 1. The second-order valence-corrected chi connectivity index (χ2v) is 6.42. The molecule has 4 heteroatoms. The molecule has 0 saturated carbocycles. The Morgan fingerprint density at radius 2 is 1.83 bits per heavy atom. The van der Waals surface area contributed by atoms with Gasteiger partial charge < -0.3 is 9.47 Å². The van der Waals surface area contributed by atoms with E-state index in [0.29, 0.717) is 0 Å². The molecule has 1 aliphatic heterocycles. The van der Waals surface area contributed by atoms with Crippen molar-refractivity contribution in [2.24, 2.45) is 7.05 Å². The lowest BCUT2D eigenvalue weighted by Crippen LogP contribution is -2.31. The molecule has 0 amide bonds. The molecule has 118 valence electrons. The Hall–Kier alpha value is -2.20. The summed E-state index contributed by atoms with van der Waals surface area (Å²) in [5, 5.41) is 1.24. The van der Waals surface area contributed by atoms with Crippen LogP contribution in [0.2, 0.25) is 0 Å². The first kappa shape index (κ1) is 14.4. The molecule has 1 unspecified atom stereocenters. The molecule has 4 rings (SSSR count). The lowest BCUT2D eigenvalue weighted by atomic mass is 9.83. The van der Waals surface area contributed by atoms with E-state index in [1.54, 1.807) is 6.07 Å². The predicted molar refractivity (Wildman–Crippen MR) is 87.5 cm³/mol. The second kappa shape index (κ2) is 5.17. The summed E-state index contributed by atoms with van der Waals surface area (Å²) in [5.41, 5.74) is 4.52. The molecule has 0 N–H and O–H groups in total. The number of aryl methyl sites for hydroxylation is 1. The SMILES string of the molecule is CN1Cc2c(ccc3c2ccn3C)C(c2ccc(F)c(F)c2)C1. The molecule has 0 spiro atoms. The Morgan fingerprint density at radius 1 is 1.00 bits per heavy atom. The smallest absolute Gasteiger partial charge is 0.159 e. The minimum atomic E-state index is -0.795. The van der Waals surface area contributed by atoms with Gasteiger partial charge in [-0.15, -0.1) is 0 Å². The van der Waals surface area contributed by atoms with Crippen molar-refractivity contribution in [3.63, 3.8) is 0 Å². The number of benzene rings is 2. The van der Waals surface area contributed by atoms with Gasteiger partial charge in [0.05, 0.1) is 0 Å². The van der Waals surface area contributed by atoms with Gasteiger partial charge in [-0.1, -0.05) is 12.1 Å². The first-order valence-electron chi connectivity index (χ1n) is 7.75. The van der Waals surface area contributed by atoms with Gasteiger partial charge in [0.25, 0.3) is 0 Å². The third-order valence-corrected chi connectivity index (χ3v) is 4.86. The predicted octanol–water partition coefficient (Wildman–Crippen LogP) is 4.03. The topological polar surface area (TPSA) is 8.17 Å². The zero-order valence-electron chi connectivity index (χ0n) is 13.2. The normalized spacial score (nSPS) is 18.3. The van der Waals surface area contributed by atoms with Gasteiger partial charge >= 0.3 is 0 Å². The molecular weight excluding hydrogens is 294 g/mol. The second-order valence-electron chi connectivity index (χ2n) is 6.42. The van der Waals surface area contributed by atoms with Crippen LogP contribution in [0.4, 0.5) is 8.78 Å². The standard InChI is InChI=1S/C19H18F2N2/c1-22-10-15(12-3-5-17(20)18(21)9-12)13-4-6-19-14(16(13)11-22)7-8-23(19)2/h3-9,15H,10-11H2,1-2H3. The molecule has 2 heterocycles. The van der Waals surface area contributed by atoms with E-state index in [9.17, 15) is 8.78 Å². The number of rotatable bonds is 1. The molecule has 2 aromatic carbocycles. The van der Waals surface area contributed by atoms with Crippen LogP contribution in [0, 0.1) is 11.6 Å². The van der Waals surface area contributed by atoms with Gasteiger partial charge in [0.1, 0.15) is 0 Å². The van der Waals surface area contributed by atoms with E-state index in [2.05, 4.69) is 40.9 Å². The average Bonchev–Trinajstić information content (AvgIpc) is 2.91. The maximum absolute atomic E-state index is 13.7. The highest BCUT2D eigenvalue weighted by atomic mass is 19.2. The van der Waals surface area contributed by atoms with Gasteiger partial charge in [-0.05, 0) is 48.0 Å². The van der Waals surface area contributed by atoms with E-state index in [1.165, 1.54) is 34.2 Å². The maximum atomic E-state index is 13.7. The van der Waals surface area contributed by atoms with Crippen molar-refractivity contribution in [3.05, 3.63) is 70.9 Å². The Kier molecular flexibility index (Phi) is 3.23. The van der Waals surface area contributed by atoms with Gasteiger partial charge in [0.2, 0.25) is 0 Å². The van der Waals surface area contributed by atoms with Crippen LogP contribution < -0.4 is 0 Å². The molecule has 0 fully saturated rings. The Morgan fingerprint density at radius 3 is 2.61 bits per heavy atom. The summed E-state index contributed by atoms with van der Waals surface area (Å²) < 4.78 is 29.0. The van der Waals surface area contributed by atoms with Crippen molar-refractivity contribution < 1.29 is 8.78 Å². The van der Waals surface area contributed by atoms with Crippen LogP contribution in [0.15, 0.2) is 42.6 Å². The molecule has 23 heavy (non-hydrogen) atoms. The highest BCUT2D eigenvalue weighted by Gasteiger charge is 2.27. The summed E-state index contributed by atoms with van der Waals surface area (Å²) in [7, 11) is 4.10. The van der Waals surface area contributed by atoms with Crippen molar-refractivity contribution >= 4 is 10.9 Å². The molecule has 2 nitrogen and oxygen atoms in total. The van der Waals surface area contributed by atoms with Crippen molar-refractivity contribution in [2.45, 2.75) is 12.5 Å². The number of hydrogen-bond acceptors (Lipinski definition) is 1. The van der Waals surface area contributed by atoms with Crippen LogP contribution in [-0.4, -0.2) is 23.1 Å². The number of fused-ring (bicyclic) bond motifs is 3. The molecule has 1 aromatic heterocycles. The van der Waals surface area contributed by atoms with Gasteiger partial charge in [-0.3, -0.25) is 0 Å². The molecule has 3 aromatic rings. The summed E-state index contributed by atoms with van der Waals surface area (Å²) in [6.07, 6.45) is 2.06. The molecule has 0 bridgehead atoms. The van der Waals surface area contributed by atoms with E-state index in [-0.39, 0.29) is 5.92 Å². The lowest BCUT2D eigenvalue weighted by molar-refractivity contribution is 0.296. The van der Waals surface area contributed by atoms with Gasteiger partial charge in [-0.25, -0.2) is 8.78 Å². The van der Waals surface area contributed by atoms with Crippen molar-refractivity contribution in [2.75, 3.05) is 13.6 Å². The van der Waals surface area contributed by atoms with Gasteiger partial charge in [-0.2, -0.15) is 0 Å². The first-order valence-corrected chi connectivity index (χ1v) is 7.75. The van der Waals surface area contributed by atoms with Crippen LogP contribution >= 0.6 is 0 Å². The van der Waals surface area contributed by atoms with Crippen LogP contribution in [0.1, 0.15) is 22.6 Å². The van der Waals surface area contributed by atoms with Crippen LogP contribution in [-0.2, 0) is 13.6 Å². The van der Waals surface area contributed by atoms with Gasteiger partial charge in [0.15, 0.2) is 11.6 Å². The molecule has 0 saturated heterocycles. The van der Waals surface area contributed by atoms with Gasteiger partial charge in [0, 0.05) is 43.2 Å². The quantitative estimate of drug-likeness (QED) is 0.658. The van der Waals surface area contributed by atoms with Crippen molar-refractivity contribution in [1.82, 2.24) is 9.47 Å². The Bertz CT molecular complexity index is 898.